The molecule has 0 aliphatic rings. The van der Waals surface area contributed by atoms with E-state index in [0.717, 1.165) is 45.1 Å². The molecule has 0 saturated carbocycles. The molecule has 6 aromatic heterocycles. The van der Waals surface area contributed by atoms with Crippen molar-refractivity contribution in [3.8, 4) is 11.4 Å². The molecule has 72 heavy (non-hydrogen) atoms. The summed E-state index contributed by atoms with van der Waals surface area (Å²) in [4.78, 5) is 34.4. The summed E-state index contributed by atoms with van der Waals surface area (Å²) in [5.41, 5.74) is 6.16. The molecular weight excluding hydrogens is 927 g/mol. The number of rotatable bonds is 12. The summed E-state index contributed by atoms with van der Waals surface area (Å²) in [6, 6.07) is 35.7. The minimum absolute atomic E-state index is 0.117. The Morgan fingerprint density at radius 3 is 1.36 bits per heavy atom. The van der Waals surface area contributed by atoms with Gasteiger partial charge in [0.25, 0.3) is 0 Å². The van der Waals surface area contributed by atoms with E-state index in [1.165, 1.54) is 21.8 Å². The van der Waals surface area contributed by atoms with E-state index in [1.54, 1.807) is 45.2 Å². The Labute approximate surface area is 419 Å². The molecule has 20 heteroatoms. The lowest BCUT2D eigenvalue weighted by molar-refractivity contribution is 0.336. The largest absolute Gasteiger partial charge is 0.340 e. The van der Waals surface area contributed by atoms with Crippen molar-refractivity contribution >= 4 is 57.3 Å². The van der Waals surface area contributed by atoms with Crippen molar-refractivity contribution in [1.82, 2.24) is 67.4 Å². The van der Waals surface area contributed by atoms with E-state index < -0.39 is 0 Å². The van der Waals surface area contributed by atoms with Gasteiger partial charge < -0.3 is 10.6 Å². The lowest BCUT2D eigenvalue weighted by Crippen LogP contribution is -2.40. The maximum absolute atomic E-state index is 13.2. The number of anilines is 4. The predicted octanol–water partition coefficient (Wildman–Crippen LogP) is 8.12. The lowest BCUT2D eigenvalue weighted by Gasteiger charge is -2.20. The highest BCUT2D eigenvalue weighted by molar-refractivity contribution is 7.71. The van der Waals surface area contributed by atoms with Gasteiger partial charge >= 0.3 is 11.4 Å². The van der Waals surface area contributed by atoms with E-state index in [4.69, 9.17) is 27.8 Å². The quantitative estimate of drug-likeness (QED) is 0.1000. The number of para-hydroxylation sites is 2. The van der Waals surface area contributed by atoms with E-state index in [-0.39, 0.29) is 27.7 Å². The standard InChI is InChI=1S/C26H29N9O.C26H28N8OS/c1-26(2,3)15-33-24-21(22(27)32(4)25(33)36)23(30-19-8-6-5-7-9-19)34(31-24)14-18-10-12-20(13-11-18)35-17-28-16-29-35;1-26(2,3)15-32-23-21(24(36)31(4)25(32)35)22(29-19-8-6-5-7-9-19)33(30-23)14-18-10-12-20(13-11-18)34-17-27-16-28-34/h5-13,16-17,27,30H,14-15H2,1-4H3;5-13,16-17,29H,14-15H2,1-4H3. The summed E-state index contributed by atoms with van der Waals surface area (Å²) in [6.45, 7) is 14.5. The average Bonchev–Trinajstić information content (AvgIpc) is 4.21. The van der Waals surface area contributed by atoms with E-state index in [2.05, 4.69) is 72.3 Å². The fraction of sp³-hybridized carbons (Fsp3) is 0.269. The summed E-state index contributed by atoms with van der Waals surface area (Å²) in [5.74, 6) is 1.42. The van der Waals surface area contributed by atoms with Crippen molar-refractivity contribution in [1.29, 1.82) is 5.41 Å². The lowest BCUT2D eigenvalue weighted by atomic mass is 9.97. The molecule has 0 atom stereocenters. The van der Waals surface area contributed by atoms with Gasteiger partial charge in [-0.2, -0.15) is 20.4 Å². The second-order valence-electron chi connectivity index (χ2n) is 20.0. The summed E-state index contributed by atoms with van der Waals surface area (Å²) < 4.78 is 13.9. The van der Waals surface area contributed by atoms with E-state index in [1.807, 2.05) is 119 Å². The first-order valence-electron chi connectivity index (χ1n) is 23.4. The Kier molecular flexibility index (Phi) is 13.3. The Morgan fingerprint density at radius 2 is 0.958 bits per heavy atom. The van der Waals surface area contributed by atoms with E-state index in [0.29, 0.717) is 53.3 Å². The third-order valence-corrected chi connectivity index (χ3v) is 12.2. The van der Waals surface area contributed by atoms with Gasteiger partial charge in [-0.1, -0.05) is 114 Å². The maximum Gasteiger partial charge on any atom is 0.331 e. The van der Waals surface area contributed by atoms with Crippen molar-refractivity contribution in [3.05, 3.63) is 177 Å². The third kappa shape index (κ3) is 10.3. The molecule has 0 bridgehead atoms. The SMILES string of the molecule is Cn1c(=N)c2c(Nc3ccccc3)n(Cc3ccc(-n4cncn4)cc3)nc2n(CC(C)(C)C)c1=O.Cn1c(=S)c2c(Nc3ccccc3)n(Cc3ccc(-n4cncn4)cc3)nc2n(CC(C)(C)C)c1=O. The summed E-state index contributed by atoms with van der Waals surface area (Å²) in [6.07, 6.45) is 6.33. The molecular formula is C52H57N17O2S. The Balaban J connectivity index is 0.000000178. The normalized spacial score (nSPS) is 11.8. The highest BCUT2D eigenvalue weighted by atomic mass is 32.1. The number of nitrogens with zero attached hydrogens (tertiary/aromatic N) is 14. The van der Waals surface area contributed by atoms with Crippen LogP contribution in [0.2, 0.25) is 0 Å². The van der Waals surface area contributed by atoms with Crippen LogP contribution in [0.1, 0.15) is 52.7 Å². The zero-order valence-electron chi connectivity index (χ0n) is 41.5. The molecule has 368 valence electrons. The highest BCUT2D eigenvalue weighted by Crippen LogP contribution is 2.30. The number of benzene rings is 4. The van der Waals surface area contributed by atoms with Gasteiger partial charge in [-0.05, 0) is 70.5 Å². The molecule has 4 aromatic carbocycles. The van der Waals surface area contributed by atoms with Crippen molar-refractivity contribution in [2.45, 2.75) is 67.7 Å². The van der Waals surface area contributed by atoms with Crippen LogP contribution in [0, 0.1) is 20.9 Å². The number of hydrogen-bond donors (Lipinski definition) is 3. The summed E-state index contributed by atoms with van der Waals surface area (Å²) in [7, 11) is 3.35. The Bertz CT molecular complexity index is 3490. The third-order valence-electron chi connectivity index (χ3n) is 11.7. The van der Waals surface area contributed by atoms with Crippen LogP contribution in [0.25, 0.3) is 33.4 Å². The summed E-state index contributed by atoms with van der Waals surface area (Å²) >= 11 is 5.77. The first-order chi connectivity index (χ1) is 34.4. The molecule has 0 amide bonds. The van der Waals surface area contributed by atoms with Gasteiger partial charge in [-0.3, -0.25) is 23.7 Å². The van der Waals surface area contributed by atoms with Crippen molar-refractivity contribution in [2.24, 2.45) is 24.9 Å². The molecule has 0 spiro atoms. The maximum atomic E-state index is 13.2. The number of aromatic nitrogens is 14. The van der Waals surface area contributed by atoms with Gasteiger partial charge in [0.05, 0.1) is 29.9 Å². The van der Waals surface area contributed by atoms with Gasteiger partial charge in [-0.15, -0.1) is 0 Å². The van der Waals surface area contributed by atoms with Crippen LogP contribution in [0.5, 0.6) is 0 Å². The van der Waals surface area contributed by atoms with Gasteiger partial charge in [0.2, 0.25) is 0 Å². The zero-order valence-corrected chi connectivity index (χ0v) is 42.3. The number of fused-ring (bicyclic) bond motifs is 2. The van der Waals surface area contributed by atoms with Crippen LogP contribution in [0.3, 0.4) is 0 Å². The predicted molar refractivity (Wildman–Crippen MR) is 282 cm³/mol. The fourth-order valence-corrected chi connectivity index (χ4v) is 8.59. The van der Waals surface area contributed by atoms with Crippen LogP contribution < -0.4 is 27.5 Å². The molecule has 19 nitrogen and oxygen atoms in total. The van der Waals surface area contributed by atoms with Gasteiger partial charge in [0, 0.05) is 38.6 Å². The average molecular weight is 984 g/mol. The van der Waals surface area contributed by atoms with Crippen LogP contribution in [0.15, 0.2) is 144 Å². The molecule has 10 aromatic rings. The van der Waals surface area contributed by atoms with Crippen LogP contribution in [-0.4, -0.2) is 67.4 Å². The van der Waals surface area contributed by atoms with Crippen LogP contribution >= 0.6 is 12.2 Å². The minimum Gasteiger partial charge on any atom is -0.340 e. The van der Waals surface area contributed by atoms with Gasteiger partial charge in [0.15, 0.2) is 11.3 Å². The summed E-state index contributed by atoms with van der Waals surface area (Å²) in [5, 5.41) is 35.3. The first kappa shape index (κ1) is 48.5. The van der Waals surface area contributed by atoms with Gasteiger partial charge in [-0.25, -0.2) is 38.3 Å². The van der Waals surface area contributed by atoms with Crippen molar-refractivity contribution in [3.63, 3.8) is 0 Å². The molecule has 10 rings (SSSR count). The van der Waals surface area contributed by atoms with Crippen molar-refractivity contribution < 1.29 is 0 Å². The fourth-order valence-electron chi connectivity index (χ4n) is 8.32. The monoisotopic (exact) mass is 983 g/mol. The molecule has 0 saturated heterocycles. The molecule has 0 fully saturated rings. The minimum atomic E-state index is -0.254. The molecule has 6 heterocycles. The smallest absolute Gasteiger partial charge is 0.331 e. The highest BCUT2D eigenvalue weighted by Gasteiger charge is 2.25. The molecule has 0 aliphatic heterocycles. The number of nitrogens with one attached hydrogen (secondary N) is 3. The zero-order chi connectivity index (χ0) is 50.9. The van der Waals surface area contributed by atoms with Crippen LogP contribution in [0.4, 0.5) is 23.0 Å². The number of hydrogen-bond acceptors (Lipinski definition) is 12. The first-order valence-corrected chi connectivity index (χ1v) is 23.8. The second-order valence-corrected chi connectivity index (χ2v) is 20.4. The topological polar surface area (TPSA) is 199 Å². The van der Waals surface area contributed by atoms with Crippen LogP contribution in [-0.2, 0) is 40.3 Å². The molecule has 0 radical (unpaired) electrons. The van der Waals surface area contributed by atoms with E-state index in [9.17, 15) is 9.59 Å². The Morgan fingerprint density at radius 1 is 0.556 bits per heavy atom. The molecule has 3 N–H and O–H groups in total. The molecule has 0 unspecified atom stereocenters. The van der Waals surface area contributed by atoms with E-state index >= 15 is 0 Å². The Hall–Kier alpha value is -8.52. The molecule has 0 aliphatic carbocycles. The van der Waals surface area contributed by atoms with Gasteiger partial charge in [0.1, 0.15) is 52.5 Å². The van der Waals surface area contributed by atoms with Crippen molar-refractivity contribution in [2.75, 3.05) is 10.6 Å². The second kappa shape index (κ2) is 19.7.